The molecule has 0 spiro atoms. The fourth-order valence-electron chi connectivity index (χ4n) is 6.93. The Hall–Kier alpha value is 0. The van der Waals surface area contributed by atoms with Crippen LogP contribution in [0.2, 0.25) is 0 Å². The summed E-state index contributed by atoms with van der Waals surface area (Å²) in [6.45, 7) is 17.4. The van der Waals surface area contributed by atoms with Crippen molar-refractivity contribution in [3.05, 3.63) is 0 Å². The van der Waals surface area contributed by atoms with Gasteiger partial charge in [-0.2, -0.15) is 0 Å². The second-order valence-electron chi connectivity index (χ2n) is 9.63. The Morgan fingerprint density at radius 3 is 1.50 bits per heavy atom. The molecule has 3 fully saturated rings. The maximum Gasteiger partial charge on any atom is -0.0329 e. The summed E-state index contributed by atoms with van der Waals surface area (Å²) in [6, 6.07) is 0. The molecule has 11 atom stereocenters. The zero-order valence-corrected chi connectivity index (χ0v) is 16.2. The molecule has 3 aliphatic rings. The van der Waals surface area contributed by atoms with Crippen molar-refractivity contribution in [3.63, 3.8) is 0 Å². The van der Waals surface area contributed by atoms with Gasteiger partial charge in [0.05, 0.1) is 0 Å². The largest absolute Gasteiger partial charge is 0.0651 e. The van der Waals surface area contributed by atoms with Crippen LogP contribution in [0.5, 0.6) is 0 Å². The van der Waals surface area contributed by atoms with Crippen molar-refractivity contribution in [3.8, 4) is 0 Å². The Morgan fingerprint density at radius 2 is 1.05 bits per heavy atom. The standard InChI is InChI=1S/C22H40/c1-8-17-14(5)19(17)10-12(3)22-16(7)20(22)11-13(4)21-15(6)18(21)9-2/h12-22H,8-11H2,1-7H3. The Morgan fingerprint density at radius 1 is 0.591 bits per heavy atom. The number of hydrogen-bond acceptors (Lipinski definition) is 0. The summed E-state index contributed by atoms with van der Waals surface area (Å²) < 4.78 is 0. The zero-order chi connectivity index (χ0) is 16.2. The van der Waals surface area contributed by atoms with Gasteiger partial charge in [-0.05, 0) is 77.9 Å². The van der Waals surface area contributed by atoms with Crippen LogP contribution in [0.25, 0.3) is 0 Å². The van der Waals surface area contributed by atoms with Crippen molar-refractivity contribution in [2.75, 3.05) is 0 Å². The molecule has 0 N–H and O–H groups in total. The van der Waals surface area contributed by atoms with Crippen molar-refractivity contribution in [1.82, 2.24) is 0 Å². The van der Waals surface area contributed by atoms with E-state index in [1.807, 2.05) is 0 Å². The number of rotatable bonds is 8. The molecule has 0 bridgehead atoms. The Bertz CT molecular complexity index is 385. The van der Waals surface area contributed by atoms with E-state index < -0.39 is 0 Å². The van der Waals surface area contributed by atoms with Gasteiger partial charge < -0.3 is 0 Å². The first-order valence-electron chi connectivity index (χ1n) is 10.4. The molecule has 3 saturated carbocycles. The minimum atomic E-state index is 0.979. The van der Waals surface area contributed by atoms with E-state index in [0.717, 1.165) is 65.1 Å². The van der Waals surface area contributed by atoms with Crippen LogP contribution in [-0.4, -0.2) is 0 Å². The topological polar surface area (TPSA) is 0 Å². The van der Waals surface area contributed by atoms with E-state index in [2.05, 4.69) is 48.5 Å². The molecule has 0 aromatic carbocycles. The first-order valence-corrected chi connectivity index (χ1v) is 10.4. The average Bonchev–Trinajstić information content (AvgIpc) is 3.40. The second kappa shape index (κ2) is 6.14. The SMILES string of the molecule is CCC1C(C)C1CC(C)C1C(C)C1CC(C)C1C(C)C1CC. The van der Waals surface area contributed by atoms with E-state index in [0.29, 0.717) is 0 Å². The van der Waals surface area contributed by atoms with E-state index in [1.54, 1.807) is 0 Å². The summed E-state index contributed by atoms with van der Waals surface area (Å²) in [7, 11) is 0. The van der Waals surface area contributed by atoms with Gasteiger partial charge in [0.1, 0.15) is 0 Å². The van der Waals surface area contributed by atoms with Gasteiger partial charge in [0.2, 0.25) is 0 Å². The van der Waals surface area contributed by atoms with Crippen LogP contribution in [0.15, 0.2) is 0 Å². The fourth-order valence-corrected chi connectivity index (χ4v) is 6.93. The maximum atomic E-state index is 2.57. The van der Waals surface area contributed by atoms with Crippen LogP contribution in [0.1, 0.15) is 74.1 Å². The lowest BCUT2D eigenvalue weighted by molar-refractivity contribution is 0.353. The maximum absolute atomic E-state index is 2.57. The number of hydrogen-bond donors (Lipinski definition) is 0. The highest BCUT2D eigenvalue weighted by molar-refractivity contribution is 5.03. The Balaban J connectivity index is 1.45. The third-order valence-corrected chi connectivity index (χ3v) is 8.58. The van der Waals surface area contributed by atoms with Crippen LogP contribution in [-0.2, 0) is 0 Å². The van der Waals surface area contributed by atoms with Crippen molar-refractivity contribution >= 4 is 0 Å². The molecule has 22 heavy (non-hydrogen) atoms. The molecule has 11 unspecified atom stereocenters. The molecule has 0 aromatic rings. The normalized spacial score (nSPS) is 52.2. The summed E-state index contributed by atoms with van der Waals surface area (Å²) in [6.07, 6.45) is 5.88. The lowest BCUT2D eigenvalue weighted by Gasteiger charge is -2.14. The predicted molar refractivity (Wildman–Crippen MR) is 96.6 cm³/mol. The lowest BCUT2D eigenvalue weighted by atomic mass is 9.91. The van der Waals surface area contributed by atoms with Crippen LogP contribution in [0.4, 0.5) is 0 Å². The van der Waals surface area contributed by atoms with Crippen LogP contribution in [0.3, 0.4) is 0 Å². The predicted octanol–water partition coefficient (Wildman–Crippen LogP) is 6.51. The van der Waals surface area contributed by atoms with Gasteiger partial charge in [0, 0.05) is 0 Å². The van der Waals surface area contributed by atoms with Crippen LogP contribution in [0, 0.1) is 65.1 Å². The third-order valence-electron chi connectivity index (χ3n) is 8.58. The summed E-state index contributed by atoms with van der Waals surface area (Å²) in [5.41, 5.74) is 0. The van der Waals surface area contributed by atoms with Gasteiger partial charge >= 0.3 is 0 Å². The minimum Gasteiger partial charge on any atom is -0.0651 e. The molecule has 0 aromatic heterocycles. The highest BCUT2D eigenvalue weighted by Crippen LogP contribution is 2.61. The van der Waals surface area contributed by atoms with E-state index in [9.17, 15) is 0 Å². The highest BCUT2D eigenvalue weighted by Gasteiger charge is 2.55. The van der Waals surface area contributed by atoms with E-state index in [4.69, 9.17) is 0 Å². The molecule has 0 heteroatoms. The molecule has 0 nitrogen and oxygen atoms in total. The van der Waals surface area contributed by atoms with E-state index in [1.165, 1.54) is 25.7 Å². The fraction of sp³-hybridized carbons (Fsp3) is 1.00. The second-order valence-corrected chi connectivity index (χ2v) is 9.63. The quantitative estimate of drug-likeness (QED) is 0.480. The smallest absolute Gasteiger partial charge is 0.0329 e. The van der Waals surface area contributed by atoms with Gasteiger partial charge in [-0.25, -0.2) is 0 Å². The zero-order valence-electron chi connectivity index (χ0n) is 16.2. The van der Waals surface area contributed by atoms with Gasteiger partial charge in [-0.3, -0.25) is 0 Å². The van der Waals surface area contributed by atoms with Gasteiger partial charge in [0.25, 0.3) is 0 Å². The summed E-state index contributed by atoms with van der Waals surface area (Å²) in [5.74, 6) is 11.4. The molecule has 0 radical (unpaired) electrons. The van der Waals surface area contributed by atoms with Crippen molar-refractivity contribution in [2.24, 2.45) is 65.1 Å². The van der Waals surface area contributed by atoms with Gasteiger partial charge in [-0.1, -0.05) is 61.3 Å². The van der Waals surface area contributed by atoms with E-state index in [-0.39, 0.29) is 0 Å². The van der Waals surface area contributed by atoms with Crippen molar-refractivity contribution in [1.29, 1.82) is 0 Å². The molecule has 128 valence electrons. The summed E-state index contributed by atoms with van der Waals surface area (Å²) >= 11 is 0. The van der Waals surface area contributed by atoms with E-state index >= 15 is 0 Å². The molecular weight excluding hydrogens is 264 g/mol. The van der Waals surface area contributed by atoms with Gasteiger partial charge in [-0.15, -0.1) is 0 Å². The summed E-state index contributed by atoms with van der Waals surface area (Å²) in [5, 5.41) is 0. The van der Waals surface area contributed by atoms with Crippen LogP contribution >= 0.6 is 0 Å². The molecule has 0 aliphatic heterocycles. The molecule has 3 aliphatic carbocycles. The summed E-state index contributed by atoms with van der Waals surface area (Å²) in [4.78, 5) is 0. The molecule has 0 amide bonds. The molecule has 0 heterocycles. The van der Waals surface area contributed by atoms with Crippen molar-refractivity contribution in [2.45, 2.75) is 74.1 Å². The first-order chi connectivity index (χ1) is 10.4. The van der Waals surface area contributed by atoms with Crippen LogP contribution < -0.4 is 0 Å². The third kappa shape index (κ3) is 2.89. The van der Waals surface area contributed by atoms with Gasteiger partial charge in [0.15, 0.2) is 0 Å². The average molecular weight is 305 g/mol. The molecule has 3 rings (SSSR count). The minimum absolute atomic E-state index is 0.979. The Kier molecular flexibility index (Phi) is 4.70. The lowest BCUT2D eigenvalue weighted by Crippen LogP contribution is -2.06. The van der Waals surface area contributed by atoms with Crippen molar-refractivity contribution < 1.29 is 0 Å². The monoisotopic (exact) mass is 304 g/mol. The molecule has 0 saturated heterocycles. The molecular formula is C22H40. The first kappa shape index (κ1) is 16.8. The highest BCUT2D eigenvalue weighted by atomic mass is 14.6. The Labute approximate surface area is 139 Å².